The second-order valence-electron chi connectivity index (χ2n) is 20.9. The smallest absolute Gasteiger partial charge is 0.0165 e. The summed E-state index contributed by atoms with van der Waals surface area (Å²) in [4.78, 5) is 0. The van der Waals surface area contributed by atoms with Gasteiger partial charge < -0.3 is 0 Å². The predicted octanol–water partition coefficient (Wildman–Crippen LogP) is 17.9. The van der Waals surface area contributed by atoms with E-state index in [-0.39, 0.29) is 16.2 Å². The van der Waals surface area contributed by atoms with Crippen molar-refractivity contribution in [2.75, 3.05) is 0 Å². The Bertz CT molecular complexity index is 3680. The zero-order valence-corrected chi connectivity index (χ0v) is 38.9. The monoisotopic (exact) mass is 844 g/mol. The number of benzene rings is 10. The fourth-order valence-electron chi connectivity index (χ4n) is 13.0. The topological polar surface area (TPSA) is 0 Å². The summed E-state index contributed by atoms with van der Waals surface area (Å²) >= 11 is 0. The molecule has 66 heavy (non-hydrogen) atoms. The summed E-state index contributed by atoms with van der Waals surface area (Å²) in [5, 5.41) is 5.22. The van der Waals surface area contributed by atoms with Gasteiger partial charge in [-0.2, -0.15) is 0 Å². The molecule has 0 amide bonds. The van der Waals surface area contributed by atoms with Gasteiger partial charge in [0.25, 0.3) is 0 Å². The van der Waals surface area contributed by atoms with E-state index in [0.29, 0.717) is 0 Å². The van der Waals surface area contributed by atoms with Gasteiger partial charge in [0.2, 0.25) is 0 Å². The Balaban J connectivity index is 1.20. The third-order valence-electron chi connectivity index (χ3n) is 16.0. The first-order valence-electron chi connectivity index (χ1n) is 23.8. The van der Waals surface area contributed by atoms with Crippen molar-refractivity contribution in [2.45, 2.75) is 64.7 Å². The summed E-state index contributed by atoms with van der Waals surface area (Å²) < 4.78 is 0. The minimum Gasteiger partial charge on any atom is -0.0622 e. The summed E-state index contributed by atoms with van der Waals surface area (Å²) in [6.07, 6.45) is 0. The molecule has 0 atom stereocenters. The normalized spacial score (nSPS) is 15.3. The van der Waals surface area contributed by atoms with Crippen LogP contribution in [-0.2, 0) is 16.2 Å². The molecular formula is C66H52. The van der Waals surface area contributed by atoms with E-state index >= 15 is 0 Å². The van der Waals surface area contributed by atoms with Gasteiger partial charge in [0.05, 0.1) is 0 Å². The van der Waals surface area contributed by atoms with Gasteiger partial charge >= 0.3 is 0 Å². The Morgan fingerprint density at radius 3 is 1.08 bits per heavy atom. The third kappa shape index (κ3) is 5.22. The van der Waals surface area contributed by atoms with E-state index in [1.807, 2.05) is 0 Å². The molecule has 0 aliphatic heterocycles. The molecule has 0 fully saturated rings. The quantitative estimate of drug-likeness (QED) is 0.155. The second kappa shape index (κ2) is 13.6. The largest absolute Gasteiger partial charge is 0.0622 e. The molecule has 0 saturated heterocycles. The van der Waals surface area contributed by atoms with E-state index in [0.717, 1.165) is 0 Å². The lowest BCUT2D eigenvalue weighted by molar-refractivity contribution is 0.636. The van der Waals surface area contributed by atoms with Crippen molar-refractivity contribution in [3.05, 3.63) is 227 Å². The summed E-state index contributed by atoms with van der Waals surface area (Å²) in [6, 6.07) is 71.2. The molecule has 0 unspecified atom stereocenters. The van der Waals surface area contributed by atoms with Gasteiger partial charge in [0, 0.05) is 16.2 Å². The van der Waals surface area contributed by atoms with Crippen molar-refractivity contribution in [3.8, 4) is 77.9 Å². The molecule has 0 radical (unpaired) electrons. The molecule has 0 saturated carbocycles. The van der Waals surface area contributed by atoms with Crippen LogP contribution in [0.3, 0.4) is 0 Å². The molecule has 10 aromatic carbocycles. The van der Waals surface area contributed by atoms with Crippen LogP contribution in [0, 0.1) is 6.92 Å². The lowest BCUT2D eigenvalue weighted by atomic mass is 9.71. The number of rotatable bonds is 4. The van der Waals surface area contributed by atoms with Crippen molar-refractivity contribution in [1.29, 1.82) is 0 Å². The molecule has 0 heterocycles. The molecule has 0 N–H and O–H groups in total. The van der Waals surface area contributed by atoms with Gasteiger partial charge in [-0.15, -0.1) is 0 Å². The zero-order valence-electron chi connectivity index (χ0n) is 38.9. The Labute approximate surface area is 389 Å². The molecular weight excluding hydrogens is 793 g/mol. The third-order valence-corrected chi connectivity index (χ3v) is 16.0. The van der Waals surface area contributed by atoms with Crippen LogP contribution in [0.25, 0.3) is 99.4 Å². The van der Waals surface area contributed by atoms with Crippen molar-refractivity contribution >= 4 is 21.5 Å². The van der Waals surface area contributed by atoms with Gasteiger partial charge in [-0.25, -0.2) is 0 Å². The molecule has 3 aliphatic carbocycles. The van der Waals surface area contributed by atoms with E-state index in [9.17, 15) is 0 Å². The second-order valence-corrected chi connectivity index (χ2v) is 20.9. The maximum atomic E-state index is 2.63. The van der Waals surface area contributed by atoms with Crippen molar-refractivity contribution < 1.29 is 0 Å². The lowest BCUT2D eigenvalue weighted by Gasteiger charge is -2.31. The Morgan fingerprint density at radius 1 is 0.258 bits per heavy atom. The molecule has 0 nitrogen and oxygen atoms in total. The maximum Gasteiger partial charge on any atom is 0.0165 e. The first-order valence-corrected chi connectivity index (χ1v) is 23.8. The number of hydrogen-bond donors (Lipinski definition) is 0. The SMILES string of the molecule is Cc1ccc2c(-c3ccccc3)c3cc4c(cc3c(-c3ccccc3)c2c1)-c1c2c(c3c(c1C4(C)C)-c1ccc(-c4ccccc4)cc1C3(C)C)-c1ccc(-c3ccccc3)cc1C2(C)C. The lowest BCUT2D eigenvalue weighted by Crippen LogP contribution is -2.22. The summed E-state index contributed by atoms with van der Waals surface area (Å²) in [5.74, 6) is 0. The zero-order chi connectivity index (χ0) is 44.9. The van der Waals surface area contributed by atoms with Gasteiger partial charge in [-0.05, 0) is 164 Å². The first-order chi connectivity index (χ1) is 31.9. The molecule has 0 aromatic heterocycles. The fraction of sp³-hybridized carbons (Fsp3) is 0.152. The van der Waals surface area contributed by atoms with Crippen molar-refractivity contribution in [3.63, 3.8) is 0 Å². The maximum absolute atomic E-state index is 2.63. The minimum absolute atomic E-state index is 0.254. The van der Waals surface area contributed by atoms with E-state index < -0.39 is 0 Å². The summed E-state index contributed by atoms with van der Waals surface area (Å²) in [6.45, 7) is 17.3. The van der Waals surface area contributed by atoms with E-state index in [4.69, 9.17) is 0 Å². The predicted molar refractivity (Wildman–Crippen MR) is 281 cm³/mol. The molecule has 13 rings (SSSR count). The van der Waals surface area contributed by atoms with Gasteiger partial charge in [0.15, 0.2) is 0 Å². The fourth-order valence-corrected chi connectivity index (χ4v) is 13.0. The molecule has 10 aromatic rings. The van der Waals surface area contributed by atoms with E-state index in [1.165, 1.54) is 138 Å². The summed E-state index contributed by atoms with van der Waals surface area (Å²) in [7, 11) is 0. The molecule has 0 spiro atoms. The van der Waals surface area contributed by atoms with Gasteiger partial charge in [-0.1, -0.05) is 211 Å². The van der Waals surface area contributed by atoms with Crippen LogP contribution in [0.15, 0.2) is 188 Å². The van der Waals surface area contributed by atoms with Gasteiger partial charge in [-0.3, -0.25) is 0 Å². The Hall–Kier alpha value is -7.28. The molecule has 0 bridgehead atoms. The molecule has 316 valence electrons. The highest BCUT2D eigenvalue weighted by atomic mass is 14.5. The standard InChI is InChI=1S/C66H52/c1-39-28-31-46-49(34-39)57(43-26-18-11-19-27-43)50-37-52-55(38-51(50)56(46)42-24-16-10-17-25-42)66(6,7)63-59-47-32-29-44(40-20-12-8-13-21-40)35-53(47)64(2,3)61(59)58-48-33-30-45(41-22-14-9-15-23-41)36-54(48)65(4,5)62(58)60(52)63/h8-38H,1-7H3. The average molecular weight is 845 g/mol. The van der Waals surface area contributed by atoms with Crippen LogP contribution in [0.2, 0.25) is 0 Å². The number of aryl methyl sites for hydroxylation is 1. The van der Waals surface area contributed by atoms with Crippen LogP contribution in [0.4, 0.5) is 0 Å². The van der Waals surface area contributed by atoms with Gasteiger partial charge in [0.1, 0.15) is 0 Å². The van der Waals surface area contributed by atoms with Crippen LogP contribution in [-0.4, -0.2) is 0 Å². The molecule has 3 aliphatic rings. The minimum atomic E-state index is -0.309. The first kappa shape index (κ1) is 39.1. The summed E-state index contributed by atoms with van der Waals surface area (Å²) in [5.41, 5.74) is 27.7. The molecule has 0 heteroatoms. The van der Waals surface area contributed by atoms with Crippen LogP contribution >= 0.6 is 0 Å². The van der Waals surface area contributed by atoms with Crippen molar-refractivity contribution in [1.82, 2.24) is 0 Å². The Morgan fingerprint density at radius 2 is 0.621 bits per heavy atom. The van der Waals surface area contributed by atoms with Crippen molar-refractivity contribution in [2.24, 2.45) is 0 Å². The average Bonchev–Trinajstić information content (AvgIpc) is 3.82. The number of fused-ring (bicyclic) bond motifs is 14. The highest BCUT2D eigenvalue weighted by molar-refractivity contribution is 6.23. The van der Waals surface area contributed by atoms with Crippen LogP contribution in [0.1, 0.15) is 80.5 Å². The number of hydrogen-bond acceptors (Lipinski definition) is 0. The van der Waals surface area contributed by atoms with Crippen LogP contribution in [0.5, 0.6) is 0 Å². The van der Waals surface area contributed by atoms with E-state index in [1.54, 1.807) is 0 Å². The highest BCUT2D eigenvalue weighted by Gasteiger charge is 2.52. The van der Waals surface area contributed by atoms with E-state index in [2.05, 4.69) is 237 Å². The Kier molecular flexibility index (Phi) is 8.08. The highest BCUT2D eigenvalue weighted by Crippen LogP contribution is 2.68. The van der Waals surface area contributed by atoms with Crippen LogP contribution < -0.4 is 0 Å².